The van der Waals surface area contributed by atoms with Crippen LogP contribution in [0.25, 0.3) is 0 Å². The van der Waals surface area contributed by atoms with E-state index in [0.717, 1.165) is 30.3 Å². The zero-order chi connectivity index (χ0) is 22.2. The molecule has 0 unspecified atom stereocenters. The Morgan fingerprint density at radius 2 is 1.78 bits per heavy atom. The van der Waals surface area contributed by atoms with E-state index in [-0.39, 0.29) is 12.1 Å². The fourth-order valence-electron chi connectivity index (χ4n) is 5.30. The lowest BCUT2D eigenvalue weighted by Crippen LogP contribution is -2.48. The SMILES string of the molecule is COc1cccc(NC(=O)N[C@H]2CCCC[C@@H]2CN2CCC(Cc3ccccc3)CC2)c1. The molecular formula is C27H37N3O2. The second kappa shape index (κ2) is 11.4. The normalized spacial score (nSPS) is 22.3. The second-order valence-electron chi connectivity index (χ2n) is 9.42. The molecule has 1 aliphatic carbocycles. The van der Waals surface area contributed by atoms with Gasteiger partial charge in [0.25, 0.3) is 0 Å². The van der Waals surface area contributed by atoms with Crippen LogP contribution in [0.3, 0.4) is 0 Å². The van der Waals surface area contributed by atoms with Gasteiger partial charge in [-0.05, 0) is 74.7 Å². The lowest BCUT2D eigenvalue weighted by Gasteiger charge is -2.39. The summed E-state index contributed by atoms with van der Waals surface area (Å²) in [7, 11) is 1.64. The van der Waals surface area contributed by atoms with Crippen molar-refractivity contribution in [3.63, 3.8) is 0 Å². The molecule has 2 aromatic carbocycles. The maximum Gasteiger partial charge on any atom is 0.319 e. The van der Waals surface area contributed by atoms with Gasteiger partial charge in [-0.3, -0.25) is 0 Å². The van der Waals surface area contributed by atoms with Crippen LogP contribution in [-0.2, 0) is 6.42 Å². The minimum Gasteiger partial charge on any atom is -0.497 e. The molecule has 2 aromatic rings. The molecule has 2 N–H and O–H groups in total. The molecular weight excluding hydrogens is 398 g/mol. The Hall–Kier alpha value is -2.53. The van der Waals surface area contributed by atoms with E-state index in [2.05, 4.69) is 45.9 Å². The van der Waals surface area contributed by atoms with E-state index >= 15 is 0 Å². The molecule has 172 valence electrons. The third kappa shape index (κ3) is 6.49. The van der Waals surface area contributed by atoms with Gasteiger partial charge < -0.3 is 20.3 Å². The van der Waals surface area contributed by atoms with Crippen LogP contribution in [0.5, 0.6) is 5.75 Å². The molecule has 0 radical (unpaired) electrons. The summed E-state index contributed by atoms with van der Waals surface area (Å²) in [4.78, 5) is 15.3. The highest BCUT2D eigenvalue weighted by Crippen LogP contribution is 2.28. The van der Waals surface area contributed by atoms with Crippen molar-refractivity contribution in [3.05, 3.63) is 60.2 Å². The minimum absolute atomic E-state index is 0.114. The Balaban J connectivity index is 1.25. The molecule has 1 heterocycles. The highest BCUT2D eigenvalue weighted by Gasteiger charge is 2.29. The van der Waals surface area contributed by atoms with E-state index in [1.807, 2.05) is 24.3 Å². The molecule has 0 aromatic heterocycles. The number of piperidine rings is 1. The Kier molecular flexibility index (Phi) is 8.05. The lowest BCUT2D eigenvalue weighted by molar-refractivity contribution is 0.130. The molecule has 1 saturated heterocycles. The Morgan fingerprint density at radius 3 is 2.56 bits per heavy atom. The molecule has 32 heavy (non-hydrogen) atoms. The van der Waals surface area contributed by atoms with Gasteiger partial charge in [-0.1, -0.05) is 49.2 Å². The summed E-state index contributed by atoms with van der Waals surface area (Å²) in [6.45, 7) is 3.45. The number of anilines is 1. The number of carbonyl (C=O) groups is 1. The number of nitrogens with zero attached hydrogens (tertiary/aromatic N) is 1. The first-order valence-corrected chi connectivity index (χ1v) is 12.2. The largest absolute Gasteiger partial charge is 0.497 e. The highest BCUT2D eigenvalue weighted by atomic mass is 16.5. The fraction of sp³-hybridized carbons (Fsp3) is 0.519. The maximum absolute atomic E-state index is 12.7. The summed E-state index contributed by atoms with van der Waals surface area (Å²) < 4.78 is 5.25. The summed E-state index contributed by atoms with van der Waals surface area (Å²) in [5.74, 6) is 2.07. The Labute approximate surface area is 192 Å². The van der Waals surface area contributed by atoms with Gasteiger partial charge in [0.2, 0.25) is 0 Å². The van der Waals surface area contributed by atoms with Gasteiger partial charge in [-0.15, -0.1) is 0 Å². The molecule has 5 heteroatoms. The van der Waals surface area contributed by atoms with E-state index < -0.39 is 0 Å². The first-order chi connectivity index (χ1) is 15.7. The van der Waals surface area contributed by atoms with E-state index in [4.69, 9.17) is 4.74 Å². The fourth-order valence-corrected chi connectivity index (χ4v) is 5.30. The lowest BCUT2D eigenvalue weighted by atomic mass is 9.83. The number of urea groups is 1. The number of amides is 2. The zero-order valence-corrected chi connectivity index (χ0v) is 19.3. The first kappa shape index (κ1) is 22.7. The van der Waals surface area contributed by atoms with E-state index in [1.165, 1.54) is 57.2 Å². The van der Waals surface area contributed by atoms with E-state index in [0.29, 0.717) is 5.92 Å². The average Bonchev–Trinajstić information content (AvgIpc) is 2.82. The van der Waals surface area contributed by atoms with Gasteiger partial charge in [-0.2, -0.15) is 0 Å². The number of benzene rings is 2. The summed E-state index contributed by atoms with van der Waals surface area (Å²) in [5, 5.41) is 6.24. The molecule has 2 aliphatic rings. The minimum atomic E-state index is -0.114. The molecule has 0 spiro atoms. The Bertz CT molecular complexity index is 849. The van der Waals surface area contributed by atoms with Crippen LogP contribution < -0.4 is 15.4 Å². The number of carbonyl (C=O) groups excluding carboxylic acids is 1. The number of hydrogen-bond acceptors (Lipinski definition) is 3. The van der Waals surface area contributed by atoms with Crippen LogP contribution in [0.4, 0.5) is 10.5 Å². The number of likely N-dealkylation sites (tertiary alicyclic amines) is 1. The van der Waals surface area contributed by atoms with Crippen molar-refractivity contribution in [1.82, 2.24) is 10.2 Å². The third-order valence-electron chi connectivity index (χ3n) is 7.12. The van der Waals surface area contributed by atoms with Gasteiger partial charge in [0.05, 0.1) is 7.11 Å². The van der Waals surface area contributed by atoms with Gasteiger partial charge in [0, 0.05) is 24.3 Å². The summed E-state index contributed by atoms with van der Waals surface area (Å²) in [5.41, 5.74) is 2.22. The third-order valence-corrected chi connectivity index (χ3v) is 7.12. The van der Waals surface area contributed by atoms with Crippen molar-refractivity contribution in [2.75, 3.05) is 32.1 Å². The van der Waals surface area contributed by atoms with Crippen molar-refractivity contribution < 1.29 is 9.53 Å². The molecule has 2 fully saturated rings. The number of hydrogen-bond donors (Lipinski definition) is 2. The van der Waals surface area contributed by atoms with Crippen LogP contribution in [0.1, 0.15) is 44.1 Å². The van der Waals surface area contributed by atoms with Crippen molar-refractivity contribution in [2.24, 2.45) is 11.8 Å². The number of ether oxygens (including phenoxy) is 1. The van der Waals surface area contributed by atoms with Crippen LogP contribution >= 0.6 is 0 Å². The Morgan fingerprint density at radius 1 is 1.00 bits per heavy atom. The van der Waals surface area contributed by atoms with Gasteiger partial charge in [0.1, 0.15) is 5.75 Å². The molecule has 5 nitrogen and oxygen atoms in total. The quantitative estimate of drug-likeness (QED) is 0.618. The molecule has 2 amide bonds. The molecule has 2 atom stereocenters. The number of rotatable bonds is 7. The van der Waals surface area contributed by atoms with Crippen LogP contribution in [-0.4, -0.2) is 43.7 Å². The van der Waals surface area contributed by atoms with Crippen LogP contribution in [0.2, 0.25) is 0 Å². The molecule has 1 aliphatic heterocycles. The van der Waals surface area contributed by atoms with Crippen molar-refractivity contribution in [2.45, 2.75) is 51.0 Å². The van der Waals surface area contributed by atoms with Crippen LogP contribution in [0.15, 0.2) is 54.6 Å². The smallest absolute Gasteiger partial charge is 0.319 e. The summed E-state index contributed by atoms with van der Waals surface area (Å²) in [6, 6.07) is 18.5. The van der Waals surface area contributed by atoms with Crippen LogP contribution in [0, 0.1) is 11.8 Å². The van der Waals surface area contributed by atoms with Crippen molar-refractivity contribution in [1.29, 1.82) is 0 Å². The number of methoxy groups -OCH3 is 1. The van der Waals surface area contributed by atoms with Gasteiger partial charge >= 0.3 is 6.03 Å². The molecule has 4 rings (SSSR count). The average molecular weight is 436 g/mol. The zero-order valence-electron chi connectivity index (χ0n) is 19.3. The number of nitrogens with one attached hydrogen (secondary N) is 2. The second-order valence-corrected chi connectivity index (χ2v) is 9.42. The summed E-state index contributed by atoms with van der Waals surface area (Å²) in [6.07, 6.45) is 8.48. The van der Waals surface area contributed by atoms with Crippen molar-refractivity contribution >= 4 is 11.7 Å². The first-order valence-electron chi connectivity index (χ1n) is 12.2. The van der Waals surface area contributed by atoms with E-state index in [1.54, 1.807) is 7.11 Å². The highest BCUT2D eigenvalue weighted by molar-refractivity contribution is 5.89. The monoisotopic (exact) mass is 435 g/mol. The van der Waals surface area contributed by atoms with Gasteiger partial charge in [0.15, 0.2) is 0 Å². The predicted octanol–water partition coefficient (Wildman–Crippen LogP) is 5.33. The molecule has 1 saturated carbocycles. The van der Waals surface area contributed by atoms with Crippen molar-refractivity contribution in [3.8, 4) is 5.75 Å². The molecule has 0 bridgehead atoms. The predicted molar refractivity (Wildman–Crippen MR) is 130 cm³/mol. The topological polar surface area (TPSA) is 53.6 Å². The van der Waals surface area contributed by atoms with E-state index in [9.17, 15) is 4.79 Å². The standard InChI is InChI=1S/C27H37N3O2/c1-32-25-12-7-11-24(19-25)28-27(31)29-26-13-6-5-10-23(26)20-30-16-14-22(15-17-30)18-21-8-3-2-4-9-21/h2-4,7-9,11-12,19,22-23,26H,5-6,10,13-18,20H2,1H3,(H2,28,29,31)/t23-,26+/m1/s1. The van der Waals surface area contributed by atoms with Gasteiger partial charge in [-0.25, -0.2) is 4.79 Å². The maximum atomic E-state index is 12.7. The summed E-state index contributed by atoms with van der Waals surface area (Å²) >= 11 is 0.